The van der Waals surface area contributed by atoms with Crippen molar-refractivity contribution in [1.29, 1.82) is 0 Å². The second-order valence-electron chi connectivity index (χ2n) is 8.16. The van der Waals surface area contributed by atoms with Crippen molar-refractivity contribution in [2.75, 3.05) is 4.90 Å². The number of aryl methyl sites for hydroxylation is 2. The minimum Gasteiger partial charge on any atom is -0.276 e. The van der Waals surface area contributed by atoms with Gasteiger partial charge in [-0.25, -0.2) is 5.84 Å². The largest absolute Gasteiger partial charge is 0.416 e. The van der Waals surface area contributed by atoms with E-state index in [4.69, 9.17) is 5.84 Å². The maximum absolute atomic E-state index is 13.5. The number of benzene rings is 2. The van der Waals surface area contributed by atoms with Gasteiger partial charge >= 0.3 is 6.18 Å². The molecule has 0 spiro atoms. The Hall–Kier alpha value is -3.13. The van der Waals surface area contributed by atoms with Crippen molar-refractivity contribution >= 4 is 28.8 Å². The van der Waals surface area contributed by atoms with Crippen LogP contribution in [0.4, 0.5) is 24.5 Å². The monoisotopic (exact) mass is 429 g/mol. The number of alkyl halides is 3. The van der Waals surface area contributed by atoms with Gasteiger partial charge in [-0.3, -0.25) is 19.5 Å². The fourth-order valence-electron chi connectivity index (χ4n) is 3.94. The van der Waals surface area contributed by atoms with Crippen LogP contribution in [-0.4, -0.2) is 16.8 Å². The molecular weight excluding hydrogens is 407 g/mol. The maximum atomic E-state index is 13.5. The predicted molar refractivity (Wildman–Crippen MR) is 111 cm³/mol. The first kappa shape index (κ1) is 21.1. The summed E-state index contributed by atoms with van der Waals surface area (Å²) >= 11 is 0. The molecule has 2 aromatic carbocycles. The number of fused-ring (bicyclic) bond motifs is 1. The van der Waals surface area contributed by atoms with E-state index in [1.165, 1.54) is 11.0 Å². The topological polar surface area (TPSA) is 66.6 Å². The van der Waals surface area contributed by atoms with E-state index in [2.05, 4.69) is 0 Å². The molecule has 0 bridgehead atoms. The Labute approximate surface area is 177 Å². The number of anilines is 2. The molecule has 1 heterocycles. The van der Waals surface area contributed by atoms with Gasteiger partial charge in [-0.1, -0.05) is 12.1 Å². The maximum Gasteiger partial charge on any atom is 0.416 e. The molecule has 2 amide bonds. The number of rotatable bonds is 3. The molecule has 8 heteroatoms. The van der Waals surface area contributed by atoms with Gasteiger partial charge in [0.05, 0.1) is 16.8 Å². The second-order valence-corrected chi connectivity index (χ2v) is 8.16. The molecule has 5 nitrogen and oxygen atoms in total. The third-order valence-corrected chi connectivity index (χ3v) is 5.60. The van der Waals surface area contributed by atoms with Gasteiger partial charge in [0.15, 0.2) is 0 Å². The number of carbonyl (C=O) groups excluding carboxylic acids is 2. The minimum atomic E-state index is -4.56. The number of amides is 2. The van der Waals surface area contributed by atoms with E-state index in [0.29, 0.717) is 11.3 Å². The molecule has 1 saturated carbocycles. The lowest BCUT2D eigenvalue weighted by Gasteiger charge is -2.21. The number of hydrazine groups is 1. The highest BCUT2D eigenvalue weighted by Crippen LogP contribution is 2.46. The molecule has 1 aliphatic carbocycles. The molecule has 0 atom stereocenters. The van der Waals surface area contributed by atoms with Crippen LogP contribution in [0.5, 0.6) is 0 Å². The molecular formula is C23H22F3N3O2. The Morgan fingerprint density at radius 1 is 1.10 bits per heavy atom. The van der Waals surface area contributed by atoms with Gasteiger partial charge in [0.2, 0.25) is 5.91 Å². The fraction of sp³-hybridized carbons (Fsp3) is 0.304. The van der Waals surface area contributed by atoms with Gasteiger partial charge in [-0.05, 0) is 69.0 Å². The van der Waals surface area contributed by atoms with Crippen LogP contribution in [-0.2, 0) is 15.8 Å². The SMILES string of the molecule is C/C(=C1/C(=O)N(c2cc(C)cc(C)c2)c2cc(C(F)(F)F)ccc21)N(N)C(=O)C1CC1. The fourth-order valence-corrected chi connectivity index (χ4v) is 3.94. The Morgan fingerprint density at radius 3 is 2.26 bits per heavy atom. The van der Waals surface area contributed by atoms with E-state index >= 15 is 0 Å². The van der Waals surface area contributed by atoms with E-state index in [9.17, 15) is 22.8 Å². The number of carbonyl (C=O) groups is 2. The molecule has 2 aliphatic rings. The van der Waals surface area contributed by atoms with Gasteiger partial charge in [0.1, 0.15) is 0 Å². The van der Waals surface area contributed by atoms with Crippen LogP contribution in [0.1, 0.15) is 42.0 Å². The van der Waals surface area contributed by atoms with Gasteiger partial charge in [-0.2, -0.15) is 13.2 Å². The molecule has 2 N–H and O–H groups in total. The first-order valence-electron chi connectivity index (χ1n) is 9.93. The highest BCUT2D eigenvalue weighted by molar-refractivity contribution is 6.35. The highest BCUT2D eigenvalue weighted by Gasteiger charge is 2.41. The molecule has 1 fully saturated rings. The van der Waals surface area contributed by atoms with Crippen LogP contribution >= 0.6 is 0 Å². The standard InChI is InChI=1S/C23H22F3N3O2/c1-12-8-13(2)10-17(9-12)28-19-11-16(23(24,25)26)6-7-18(19)20(22(28)31)14(3)29(27)21(30)15-4-5-15/h6-11,15H,4-5,27H2,1-3H3/b20-14-. The number of halogens is 3. The Kier molecular flexibility index (Phi) is 4.93. The first-order valence-corrected chi connectivity index (χ1v) is 9.93. The van der Waals surface area contributed by atoms with Crippen LogP contribution in [0.2, 0.25) is 0 Å². The van der Waals surface area contributed by atoms with Crippen LogP contribution in [0, 0.1) is 19.8 Å². The summed E-state index contributed by atoms with van der Waals surface area (Å²) in [6.07, 6.45) is -3.08. The van der Waals surface area contributed by atoms with Gasteiger partial charge in [-0.15, -0.1) is 0 Å². The molecule has 2 aromatic rings. The molecule has 4 rings (SSSR count). The van der Waals surface area contributed by atoms with Gasteiger partial charge < -0.3 is 0 Å². The average molecular weight is 429 g/mol. The van der Waals surface area contributed by atoms with E-state index in [1.54, 1.807) is 19.1 Å². The van der Waals surface area contributed by atoms with Crippen LogP contribution < -0.4 is 10.7 Å². The van der Waals surface area contributed by atoms with E-state index in [-0.39, 0.29) is 28.8 Å². The quantitative estimate of drug-likeness (QED) is 0.329. The molecule has 0 saturated heterocycles. The summed E-state index contributed by atoms with van der Waals surface area (Å²) in [5.41, 5.74) is 2.12. The number of nitrogens with two attached hydrogens (primary N) is 1. The smallest absolute Gasteiger partial charge is 0.276 e. The van der Waals surface area contributed by atoms with Gasteiger partial charge in [0, 0.05) is 22.9 Å². The summed E-state index contributed by atoms with van der Waals surface area (Å²) in [6.45, 7) is 5.24. The van der Waals surface area contributed by atoms with Crippen LogP contribution in [0.15, 0.2) is 42.1 Å². The molecule has 0 radical (unpaired) electrons. The van der Waals surface area contributed by atoms with Crippen molar-refractivity contribution in [3.8, 4) is 0 Å². The Balaban J connectivity index is 1.91. The summed E-state index contributed by atoms with van der Waals surface area (Å²) in [6, 6.07) is 8.57. The summed E-state index contributed by atoms with van der Waals surface area (Å²) in [5.74, 6) is 5.03. The van der Waals surface area contributed by atoms with Crippen LogP contribution in [0.25, 0.3) is 5.57 Å². The summed E-state index contributed by atoms with van der Waals surface area (Å²) in [5, 5.41) is 0.956. The lowest BCUT2D eigenvalue weighted by molar-refractivity contribution is -0.137. The predicted octanol–water partition coefficient (Wildman–Crippen LogP) is 4.84. The van der Waals surface area contributed by atoms with Gasteiger partial charge in [0.25, 0.3) is 5.91 Å². The number of hydrogen-bond acceptors (Lipinski definition) is 3. The third kappa shape index (κ3) is 3.72. The Bertz CT molecular complexity index is 1110. The van der Waals surface area contributed by atoms with Crippen molar-refractivity contribution in [2.45, 2.75) is 39.8 Å². The summed E-state index contributed by atoms with van der Waals surface area (Å²) in [7, 11) is 0. The second kappa shape index (κ2) is 7.23. The average Bonchev–Trinajstić information content (AvgIpc) is 3.47. The number of hydrogen-bond donors (Lipinski definition) is 1. The van der Waals surface area contributed by atoms with E-state index in [0.717, 1.165) is 41.1 Å². The summed E-state index contributed by atoms with van der Waals surface area (Å²) in [4.78, 5) is 27.2. The zero-order valence-electron chi connectivity index (χ0n) is 17.4. The molecule has 0 aromatic heterocycles. The van der Waals surface area contributed by atoms with Crippen molar-refractivity contribution in [3.05, 3.63) is 64.3 Å². The lowest BCUT2D eigenvalue weighted by atomic mass is 10.0. The zero-order valence-corrected chi connectivity index (χ0v) is 17.4. The van der Waals surface area contributed by atoms with Crippen molar-refractivity contribution in [2.24, 2.45) is 11.8 Å². The molecule has 31 heavy (non-hydrogen) atoms. The minimum absolute atomic E-state index is 0.117. The molecule has 1 aliphatic heterocycles. The van der Waals surface area contributed by atoms with Crippen molar-refractivity contribution in [3.63, 3.8) is 0 Å². The van der Waals surface area contributed by atoms with E-state index in [1.807, 2.05) is 19.9 Å². The number of nitrogens with zero attached hydrogens (tertiary/aromatic N) is 2. The van der Waals surface area contributed by atoms with Crippen LogP contribution in [0.3, 0.4) is 0 Å². The highest BCUT2D eigenvalue weighted by atomic mass is 19.4. The molecule has 0 unspecified atom stereocenters. The molecule has 162 valence electrons. The third-order valence-electron chi connectivity index (χ3n) is 5.60. The number of allylic oxidation sites excluding steroid dienone is 1. The van der Waals surface area contributed by atoms with Crippen molar-refractivity contribution < 1.29 is 22.8 Å². The van der Waals surface area contributed by atoms with E-state index < -0.39 is 17.6 Å². The van der Waals surface area contributed by atoms with Crippen molar-refractivity contribution in [1.82, 2.24) is 5.01 Å². The normalized spacial score (nSPS) is 17.6. The Morgan fingerprint density at radius 2 is 1.71 bits per heavy atom. The summed E-state index contributed by atoms with van der Waals surface area (Å²) < 4.78 is 40.2. The lowest BCUT2D eigenvalue weighted by Crippen LogP contribution is -2.38. The first-order chi connectivity index (χ1) is 14.5. The zero-order chi connectivity index (χ0) is 22.7.